The second kappa shape index (κ2) is 9.67. The van der Waals surface area contributed by atoms with E-state index in [4.69, 9.17) is 15.3 Å². The highest BCUT2D eigenvalue weighted by molar-refractivity contribution is 4.84. The van der Waals surface area contributed by atoms with Crippen molar-refractivity contribution in [3.63, 3.8) is 0 Å². The fourth-order valence-corrected chi connectivity index (χ4v) is 0.981. The number of nitrogens with zero attached hydrogens (tertiary/aromatic N) is 1. The van der Waals surface area contributed by atoms with Crippen molar-refractivity contribution in [2.24, 2.45) is 0 Å². The van der Waals surface area contributed by atoms with Gasteiger partial charge < -0.3 is 15.3 Å². The van der Waals surface area contributed by atoms with Crippen LogP contribution in [0.3, 0.4) is 0 Å². The summed E-state index contributed by atoms with van der Waals surface area (Å²) >= 11 is 0. The molecular formula is C10H17NO3. The minimum atomic E-state index is 0.611. The van der Waals surface area contributed by atoms with E-state index in [2.05, 4.69) is 0 Å². The van der Waals surface area contributed by atoms with Crippen LogP contribution in [0, 0.1) is 0 Å². The molecule has 4 heteroatoms. The first-order valence-corrected chi connectivity index (χ1v) is 4.45. The van der Waals surface area contributed by atoms with Gasteiger partial charge in [-0.2, -0.15) is 0 Å². The highest BCUT2D eigenvalue weighted by Gasteiger charge is 1.98. The Hall–Kier alpha value is -1.42. The molecule has 0 spiro atoms. The highest BCUT2D eigenvalue weighted by Crippen LogP contribution is 1.94. The van der Waals surface area contributed by atoms with Crippen LogP contribution in [0.2, 0.25) is 0 Å². The van der Waals surface area contributed by atoms with E-state index in [1.165, 1.54) is 0 Å². The largest absolute Gasteiger partial charge is 0.516 e. The van der Waals surface area contributed by atoms with Crippen molar-refractivity contribution in [1.82, 2.24) is 4.90 Å². The zero-order valence-corrected chi connectivity index (χ0v) is 8.08. The molecule has 0 rings (SSSR count). The fourth-order valence-electron chi connectivity index (χ4n) is 0.981. The lowest BCUT2D eigenvalue weighted by Gasteiger charge is -2.16. The maximum Gasteiger partial charge on any atom is 0.0764 e. The van der Waals surface area contributed by atoms with Gasteiger partial charge in [0, 0.05) is 19.6 Å². The van der Waals surface area contributed by atoms with E-state index in [1.54, 1.807) is 18.2 Å². The molecule has 0 saturated heterocycles. The van der Waals surface area contributed by atoms with Crippen LogP contribution in [0.4, 0.5) is 0 Å². The summed E-state index contributed by atoms with van der Waals surface area (Å²) in [6.07, 6.45) is 8.63. The average Bonchev–Trinajstić information content (AvgIpc) is 2.21. The molecule has 0 aromatic heterocycles. The standard InChI is InChI=1S/C10H17NO3/c12-8-2-1-5-11(6-3-9-13)7-4-10-14/h2-4,8-10,12-14H,1,5-7H2. The smallest absolute Gasteiger partial charge is 0.0764 e. The van der Waals surface area contributed by atoms with Crippen molar-refractivity contribution in [3.05, 3.63) is 37.0 Å². The molecule has 0 aromatic rings. The van der Waals surface area contributed by atoms with Gasteiger partial charge in [-0.3, -0.25) is 4.90 Å². The Balaban J connectivity index is 3.83. The summed E-state index contributed by atoms with van der Waals surface area (Å²) in [4.78, 5) is 2.00. The van der Waals surface area contributed by atoms with Crippen LogP contribution in [0.25, 0.3) is 0 Å². The lowest BCUT2D eigenvalue weighted by Crippen LogP contribution is -2.24. The molecule has 0 heterocycles. The highest BCUT2D eigenvalue weighted by atomic mass is 16.2. The van der Waals surface area contributed by atoms with Crippen LogP contribution < -0.4 is 0 Å². The Morgan fingerprint density at radius 3 is 1.71 bits per heavy atom. The molecule has 0 aliphatic carbocycles. The van der Waals surface area contributed by atoms with Gasteiger partial charge in [-0.1, -0.05) is 0 Å². The first kappa shape index (κ1) is 12.6. The van der Waals surface area contributed by atoms with Crippen LogP contribution in [-0.2, 0) is 0 Å². The van der Waals surface area contributed by atoms with Crippen molar-refractivity contribution < 1.29 is 15.3 Å². The zero-order valence-electron chi connectivity index (χ0n) is 8.08. The van der Waals surface area contributed by atoms with Gasteiger partial charge in [0.25, 0.3) is 0 Å². The molecule has 0 fully saturated rings. The number of aliphatic hydroxyl groups is 3. The number of aliphatic hydroxyl groups excluding tert-OH is 3. The second-order valence-corrected chi connectivity index (χ2v) is 2.70. The van der Waals surface area contributed by atoms with Gasteiger partial charge in [-0.25, -0.2) is 0 Å². The molecule has 0 amide bonds. The first-order chi connectivity index (χ1) is 6.85. The molecular weight excluding hydrogens is 182 g/mol. The molecule has 80 valence electrons. The predicted octanol–water partition coefficient (Wildman–Crippen LogP) is 1.89. The van der Waals surface area contributed by atoms with Gasteiger partial charge >= 0.3 is 0 Å². The molecule has 4 nitrogen and oxygen atoms in total. The Kier molecular flexibility index (Phi) is 8.69. The molecule has 14 heavy (non-hydrogen) atoms. The van der Waals surface area contributed by atoms with Crippen molar-refractivity contribution in [3.8, 4) is 0 Å². The van der Waals surface area contributed by atoms with Gasteiger partial charge in [0.1, 0.15) is 0 Å². The number of hydrogen-bond donors (Lipinski definition) is 3. The van der Waals surface area contributed by atoms with E-state index in [0.29, 0.717) is 13.1 Å². The third-order valence-electron chi connectivity index (χ3n) is 1.66. The van der Waals surface area contributed by atoms with E-state index in [9.17, 15) is 0 Å². The second-order valence-electron chi connectivity index (χ2n) is 2.70. The summed E-state index contributed by atoms with van der Waals surface area (Å²) in [5, 5.41) is 25.4. The van der Waals surface area contributed by atoms with Crippen molar-refractivity contribution in [2.75, 3.05) is 19.6 Å². The molecule has 0 radical (unpaired) electrons. The van der Waals surface area contributed by atoms with Gasteiger partial charge in [-0.15, -0.1) is 0 Å². The summed E-state index contributed by atoms with van der Waals surface area (Å²) < 4.78 is 0. The summed E-state index contributed by atoms with van der Waals surface area (Å²) in [7, 11) is 0. The minimum Gasteiger partial charge on any atom is -0.516 e. The third kappa shape index (κ3) is 7.24. The third-order valence-corrected chi connectivity index (χ3v) is 1.66. The molecule has 0 unspecified atom stereocenters. The van der Waals surface area contributed by atoms with Crippen molar-refractivity contribution in [1.29, 1.82) is 0 Å². The minimum absolute atomic E-state index is 0.611. The Morgan fingerprint density at radius 1 is 0.786 bits per heavy atom. The topological polar surface area (TPSA) is 63.9 Å². The van der Waals surface area contributed by atoms with Gasteiger partial charge in [0.15, 0.2) is 0 Å². The van der Waals surface area contributed by atoms with E-state index < -0.39 is 0 Å². The normalized spacial score (nSPS) is 12.6. The monoisotopic (exact) mass is 199 g/mol. The summed E-state index contributed by atoms with van der Waals surface area (Å²) in [5.74, 6) is 0. The van der Waals surface area contributed by atoms with E-state index in [1.807, 2.05) is 4.90 Å². The number of rotatable bonds is 7. The van der Waals surface area contributed by atoms with Gasteiger partial charge in [-0.05, 0) is 24.6 Å². The van der Waals surface area contributed by atoms with Gasteiger partial charge in [0.2, 0.25) is 0 Å². The maximum absolute atomic E-state index is 8.48. The summed E-state index contributed by atoms with van der Waals surface area (Å²) in [6, 6.07) is 0. The Morgan fingerprint density at radius 2 is 1.29 bits per heavy atom. The predicted molar refractivity (Wildman–Crippen MR) is 56.4 cm³/mol. The summed E-state index contributed by atoms with van der Waals surface area (Å²) in [6.45, 7) is 1.98. The molecule has 0 aromatic carbocycles. The van der Waals surface area contributed by atoms with Crippen LogP contribution in [-0.4, -0.2) is 39.9 Å². The average molecular weight is 199 g/mol. The van der Waals surface area contributed by atoms with Crippen molar-refractivity contribution >= 4 is 0 Å². The zero-order chi connectivity index (χ0) is 10.6. The van der Waals surface area contributed by atoms with Crippen LogP contribution in [0.1, 0.15) is 6.42 Å². The molecule has 0 aliphatic heterocycles. The van der Waals surface area contributed by atoms with Crippen molar-refractivity contribution in [2.45, 2.75) is 6.42 Å². The SMILES string of the molecule is OC=CCCN(CC=CO)CC=CO. The molecule has 0 saturated carbocycles. The van der Waals surface area contributed by atoms with Crippen LogP contribution in [0.5, 0.6) is 0 Å². The first-order valence-electron chi connectivity index (χ1n) is 4.45. The van der Waals surface area contributed by atoms with Crippen LogP contribution >= 0.6 is 0 Å². The lowest BCUT2D eigenvalue weighted by molar-refractivity contribution is 0.333. The van der Waals surface area contributed by atoms with Crippen LogP contribution in [0.15, 0.2) is 37.0 Å². The summed E-state index contributed by atoms with van der Waals surface area (Å²) in [5.41, 5.74) is 0. The van der Waals surface area contributed by atoms with Gasteiger partial charge in [0.05, 0.1) is 18.8 Å². The molecule has 0 atom stereocenters. The quantitative estimate of drug-likeness (QED) is 0.548. The molecule has 0 bridgehead atoms. The fraction of sp³-hybridized carbons (Fsp3) is 0.400. The van der Waals surface area contributed by atoms with E-state index in [-0.39, 0.29) is 0 Å². The molecule has 0 aliphatic rings. The maximum atomic E-state index is 8.48. The Labute approximate surface area is 84.1 Å². The van der Waals surface area contributed by atoms with E-state index >= 15 is 0 Å². The number of hydrogen-bond acceptors (Lipinski definition) is 4. The van der Waals surface area contributed by atoms with E-state index in [0.717, 1.165) is 31.8 Å². The Bertz CT molecular complexity index is 186. The molecule has 3 N–H and O–H groups in total. The lowest BCUT2D eigenvalue weighted by atomic mass is 10.3.